The maximum Gasteiger partial charge on any atom is 0.277 e. The highest BCUT2D eigenvalue weighted by atomic mass is 35.5. The van der Waals surface area contributed by atoms with Crippen molar-refractivity contribution in [1.82, 2.24) is 5.01 Å². The number of carbonyl (C=O) groups excluding carboxylic acids is 2. The quantitative estimate of drug-likeness (QED) is 0.483. The summed E-state index contributed by atoms with van der Waals surface area (Å²) in [4.78, 5) is 23.0. The van der Waals surface area contributed by atoms with Crippen LogP contribution in [0.15, 0.2) is 23.3 Å². The number of hydrazone groups is 1. The molecule has 1 atom stereocenters. The topological polar surface area (TPSA) is 49.7 Å². The fourth-order valence-electron chi connectivity index (χ4n) is 2.04. The van der Waals surface area contributed by atoms with E-state index in [0.717, 1.165) is 5.01 Å². The van der Waals surface area contributed by atoms with E-state index in [0.29, 0.717) is 17.2 Å². The monoisotopic (exact) mass is 332 g/mol. The maximum absolute atomic E-state index is 12.6. The minimum Gasteiger partial charge on any atom is -0.291 e. The molecule has 1 unspecified atom stereocenters. The largest absolute Gasteiger partial charge is 0.291 e. The van der Waals surface area contributed by atoms with Crippen molar-refractivity contribution in [3.63, 3.8) is 0 Å². The van der Waals surface area contributed by atoms with Crippen LogP contribution in [0.2, 0.25) is 10.0 Å². The van der Waals surface area contributed by atoms with Crippen LogP contribution in [0.1, 0.15) is 23.7 Å². The number of alkyl halides is 1. The zero-order valence-electron chi connectivity index (χ0n) is 10.8. The fourth-order valence-corrected chi connectivity index (χ4v) is 2.93. The molecule has 0 spiro atoms. The van der Waals surface area contributed by atoms with E-state index in [1.807, 2.05) is 0 Å². The molecule has 106 valence electrons. The van der Waals surface area contributed by atoms with Crippen molar-refractivity contribution in [2.45, 2.75) is 18.2 Å². The summed E-state index contributed by atoms with van der Waals surface area (Å²) in [5.41, 5.74) is 0.457. The number of carbonyl (C=O) groups is 2. The van der Waals surface area contributed by atoms with Gasteiger partial charge in [-0.3, -0.25) is 9.59 Å². The Labute approximate surface area is 131 Å². The molecule has 0 N–H and O–H groups in total. The van der Waals surface area contributed by atoms with E-state index >= 15 is 0 Å². The van der Waals surface area contributed by atoms with Crippen LogP contribution < -0.4 is 0 Å². The number of hydrogen-bond donors (Lipinski definition) is 0. The molecule has 1 amide bonds. The number of hydrogen-bond acceptors (Lipinski definition) is 3. The van der Waals surface area contributed by atoms with Gasteiger partial charge in [0.2, 0.25) is 10.7 Å². The first-order chi connectivity index (χ1) is 9.32. The number of nitrogens with zero attached hydrogens (tertiary/aromatic N) is 2. The van der Waals surface area contributed by atoms with E-state index < -0.39 is 16.6 Å². The van der Waals surface area contributed by atoms with Crippen molar-refractivity contribution in [1.29, 1.82) is 0 Å². The van der Waals surface area contributed by atoms with E-state index in [9.17, 15) is 9.59 Å². The normalized spacial score (nSPS) is 22.1. The third-order valence-electron chi connectivity index (χ3n) is 3.08. The van der Waals surface area contributed by atoms with Gasteiger partial charge in [-0.1, -0.05) is 41.7 Å². The Bertz CT molecular complexity index is 630. The fraction of sp³-hybridized carbons (Fsp3) is 0.308. The van der Waals surface area contributed by atoms with Crippen LogP contribution in [-0.2, 0) is 4.79 Å². The van der Waals surface area contributed by atoms with Gasteiger partial charge in [-0.05, 0) is 24.6 Å². The highest BCUT2D eigenvalue weighted by Crippen LogP contribution is 2.34. The van der Waals surface area contributed by atoms with Crippen molar-refractivity contribution < 1.29 is 9.59 Å². The average Bonchev–Trinajstić information content (AvgIpc) is 2.63. The summed E-state index contributed by atoms with van der Waals surface area (Å²) in [6.45, 7) is 1.78. The molecule has 7 heteroatoms. The molecule has 20 heavy (non-hydrogen) atoms. The summed E-state index contributed by atoms with van der Waals surface area (Å²) in [6.07, 6.45) is 0.385. The second kappa shape index (κ2) is 5.35. The molecular formula is C13H11Cl3N2O2. The second-order valence-electron chi connectivity index (χ2n) is 4.34. The van der Waals surface area contributed by atoms with Gasteiger partial charge in [-0.15, -0.1) is 0 Å². The van der Waals surface area contributed by atoms with Crippen LogP contribution in [-0.4, -0.2) is 34.3 Å². The lowest BCUT2D eigenvalue weighted by molar-refractivity contribution is -0.128. The Hall–Kier alpha value is -1.10. The number of Topliss-reactive ketones (excluding diaryl/α,β-unsaturated/α-hetero) is 1. The van der Waals surface area contributed by atoms with Crippen molar-refractivity contribution in [3.8, 4) is 0 Å². The summed E-state index contributed by atoms with van der Waals surface area (Å²) in [5, 5.41) is 5.64. The van der Waals surface area contributed by atoms with Gasteiger partial charge in [0.25, 0.3) is 5.91 Å². The Balaban J connectivity index is 2.51. The van der Waals surface area contributed by atoms with Crippen molar-refractivity contribution in [2.24, 2.45) is 5.10 Å². The van der Waals surface area contributed by atoms with E-state index in [2.05, 4.69) is 5.10 Å². The molecule has 1 aromatic rings. The van der Waals surface area contributed by atoms with Crippen molar-refractivity contribution in [2.75, 3.05) is 7.05 Å². The second-order valence-corrected chi connectivity index (χ2v) is 5.75. The summed E-state index contributed by atoms with van der Waals surface area (Å²) in [6, 6.07) is 4.41. The van der Waals surface area contributed by atoms with E-state index in [1.54, 1.807) is 6.92 Å². The predicted octanol–water partition coefficient (Wildman–Crippen LogP) is 3.39. The Morgan fingerprint density at radius 1 is 1.40 bits per heavy atom. The first-order valence-electron chi connectivity index (χ1n) is 5.87. The number of rotatable bonds is 3. The van der Waals surface area contributed by atoms with Crippen LogP contribution >= 0.6 is 34.8 Å². The molecule has 0 bridgehead atoms. The molecule has 2 rings (SSSR count). The molecule has 0 radical (unpaired) electrons. The minimum absolute atomic E-state index is 0.149. The smallest absolute Gasteiger partial charge is 0.277 e. The van der Waals surface area contributed by atoms with Gasteiger partial charge >= 0.3 is 0 Å². The number of benzene rings is 1. The van der Waals surface area contributed by atoms with Gasteiger partial charge in [0.1, 0.15) is 0 Å². The SMILES string of the molecule is CCC1=NN(C)C(=O)C1(Cl)C(=O)c1ccc(Cl)cc1Cl. The van der Waals surface area contributed by atoms with Crippen LogP contribution in [0.4, 0.5) is 0 Å². The van der Waals surface area contributed by atoms with Gasteiger partial charge < -0.3 is 0 Å². The molecule has 4 nitrogen and oxygen atoms in total. The molecule has 0 fully saturated rings. The van der Waals surface area contributed by atoms with Crippen LogP contribution in [0.25, 0.3) is 0 Å². The third kappa shape index (κ3) is 2.22. The molecule has 1 aromatic carbocycles. The molecule has 0 aromatic heterocycles. The highest BCUT2D eigenvalue weighted by molar-refractivity contribution is 6.61. The average molecular weight is 334 g/mol. The van der Waals surface area contributed by atoms with E-state index in [4.69, 9.17) is 34.8 Å². The number of amides is 1. The Morgan fingerprint density at radius 3 is 2.60 bits per heavy atom. The van der Waals surface area contributed by atoms with Crippen molar-refractivity contribution in [3.05, 3.63) is 33.8 Å². The van der Waals surface area contributed by atoms with Crippen LogP contribution in [0, 0.1) is 0 Å². The first kappa shape index (κ1) is 15.3. The lowest BCUT2D eigenvalue weighted by atomic mass is 9.90. The van der Waals surface area contributed by atoms with Gasteiger partial charge in [-0.2, -0.15) is 5.10 Å². The lowest BCUT2D eigenvalue weighted by Crippen LogP contribution is -2.47. The molecule has 0 aliphatic carbocycles. The highest BCUT2D eigenvalue weighted by Gasteiger charge is 2.54. The third-order valence-corrected chi connectivity index (χ3v) is 4.18. The summed E-state index contributed by atoms with van der Waals surface area (Å²) >= 11 is 18.1. The molecular weight excluding hydrogens is 323 g/mol. The molecule has 1 aliphatic heterocycles. The zero-order chi connectivity index (χ0) is 15.1. The predicted molar refractivity (Wildman–Crippen MR) is 79.9 cm³/mol. The van der Waals surface area contributed by atoms with Crippen molar-refractivity contribution >= 4 is 52.2 Å². The maximum atomic E-state index is 12.6. The summed E-state index contributed by atoms with van der Waals surface area (Å²) < 4.78 is 0. The molecule has 1 aliphatic rings. The van der Waals surface area contributed by atoms with Gasteiger partial charge in [0.15, 0.2) is 0 Å². The Morgan fingerprint density at radius 2 is 2.05 bits per heavy atom. The first-order valence-corrected chi connectivity index (χ1v) is 7.00. The van der Waals surface area contributed by atoms with Gasteiger partial charge in [0.05, 0.1) is 10.7 Å². The minimum atomic E-state index is -1.82. The Kier molecular flexibility index (Phi) is 4.09. The zero-order valence-corrected chi connectivity index (χ0v) is 13.1. The van der Waals surface area contributed by atoms with E-state index in [1.165, 1.54) is 25.2 Å². The van der Waals surface area contributed by atoms with Crippen LogP contribution in [0.3, 0.4) is 0 Å². The molecule has 1 heterocycles. The lowest BCUT2D eigenvalue weighted by Gasteiger charge is -2.20. The van der Waals surface area contributed by atoms with E-state index in [-0.39, 0.29) is 10.6 Å². The number of ketones is 1. The van der Waals surface area contributed by atoms with Crippen LogP contribution in [0.5, 0.6) is 0 Å². The molecule has 0 saturated carbocycles. The molecule has 0 saturated heterocycles. The standard InChI is InChI=1S/C13H11Cl3N2O2/c1-3-10-13(16,12(20)18(2)17-10)11(19)8-5-4-7(14)6-9(8)15/h4-6H,3H2,1-2H3. The van der Waals surface area contributed by atoms with Gasteiger partial charge in [0, 0.05) is 17.6 Å². The summed E-state index contributed by atoms with van der Waals surface area (Å²) in [7, 11) is 1.46. The van der Waals surface area contributed by atoms with Gasteiger partial charge in [-0.25, -0.2) is 5.01 Å². The summed E-state index contributed by atoms with van der Waals surface area (Å²) in [5.74, 6) is -1.16. The number of halogens is 3.